The third kappa shape index (κ3) is 5.67. The molecule has 0 radical (unpaired) electrons. The number of likely N-dealkylation sites (tertiary alicyclic amines) is 1. The van der Waals surface area contributed by atoms with Crippen LogP contribution >= 0.6 is 0 Å². The second kappa shape index (κ2) is 11.8. The number of hydrogen-bond donors (Lipinski definition) is 0. The zero-order valence-corrected chi connectivity index (χ0v) is 23.4. The highest BCUT2D eigenvalue weighted by Gasteiger charge is 2.29. The molecule has 2 aliphatic rings. The molecule has 1 aromatic heterocycles. The lowest BCUT2D eigenvalue weighted by Crippen LogP contribution is -2.48. The first-order chi connectivity index (χ1) is 18.4. The van der Waals surface area contributed by atoms with Crippen molar-refractivity contribution in [3.8, 4) is 0 Å². The van der Waals surface area contributed by atoms with Crippen LogP contribution in [0.1, 0.15) is 93.9 Å². The maximum Gasteiger partial charge on any atom is 0.219 e. The van der Waals surface area contributed by atoms with E-state index in [-0.39, 0.29) is 23.8 Å². The van der Waals surface area contributed by atoms with Gasteiger partial charge in [-0.25, -0.2) is 0 Å². The molecule has 38 heavy (non-hydrogen) atoms. The van der Waals surface area contributed by atoms with Crippen LogP contribution in [0, 0.1) is 6.92 Å². The predicted molar refractivity (Wildman–Crippen MR) is 154 cm³/mol. The summed E-state index contributed by atoms with van der Waals surface area (Å²) in [4.78, 5) is 28.7. The summed E-state index contributed by atoms with van der Waals surface area (Å²) in [6, 6.07) is 18.6. The number of amides is 2. The van der Waals surface area contributed by atoms with Crippen molar-refractivity contribution >= 4 is 22.7 Å². The molecule has 1 unspecified atom stereocenters. The molecule has 1 saturated heterocycles. The maximum absolute atomic E-state index is 12.9. The number of fused-ring (bicyclic) bond motifs is 1. The summed E-state index contributed by atoms with van der Waals surface area (Å²) in [7, 11) is 0. The normalized spacial score (nSPS) is 18.0. The van der Waals surface area contributed by atoms with Crippen molar-refractivity contribution in [1.82, 2.24) is 14.4 Å². The Kier molecular flexibility index (Phi) is 8.21. The van der Waals surface area contributed by atoms with E-state index in [0.717, 1.165) is 38.9 Å². The van der Waals surface area contributed by atoms with Gasteiger partial charge in [0.05, 0.1) is 0 Å². The SMILES string of the molecule is CC(=O)N1CCC(N(CCC(c2cccc(C)c2)c2cn(C3CCCCC3)c3ccccc23)C(C)=O)CC1. The van der Waals surface area contributed by atoms with Gasteiger partial charge < -0.3 is 14.4 Å². The maximum atomic E-state index is 12.9. The summed E-state index contributed by atoms with van der Waals surface area (Å²) in [6.45, 7) is 7.70. The minimum absolute atomic E-state index is 0.131. The molecule has 3 aromatic rings. The third-order valence-corrected chi connectivity index (χ3v) is 8.97. The molecule has 2 aromatic carbocycles. The Labute approximate surface area is 227 Å². The van der Waals surface area contributed by atoms with Crippen LogP contribution in [0.3, 0.4) is 0 Å². The van der Waals surface area contributed by atoms with Gasteiger partial charge in [0.1, 0.15) is 0 Å². The van der Waals surface area contributed by atoms with E-state index in [9.17, 15) is 9.59 Å². The number of hydrogen-bond acceptors (Lipinski definition) is 2. The van der Waals surface area contributed by atoms with E-state index in [4.69, 9.17) is 0 Å². The predicted octanol–water partition coefficient (Wildman–Crippen LogP) is 6.84. The van der Waals surface area contributed by atoms with Crippen LogP contribution in [0.25, 0.3) is 10.9 Å². The van der Waals surface area contributed by atoms with E-state index < -0.39 is 0 Å². The van der Waals surface area contributed by atoms with Gasteiger partial charge in [0.15, 0.2) is 0 Å². The largest absolute Gasteiger partial charge is 0.344 e. The monoisotopic (exact) mass is 513 g/mol. The lowest BCUT2D eigenvalue weighted by atomic mass is 9.87. The number of benzene rings is 2. The molecular weight excluding hydrogens is 470 g/mol. The molecule has 0 bridgehead atoms. The molecule has 202 valence electrons. The molecule has 5 nitrogen and oxygen atoms in total. The van der Waals surface area contributed by atoms with Crippen LogP contribution in [0.4, 0.5) is 0 Å². The fraction of sp³-hybridized carbons (Fsp3) is 0.515. The molecule has 0 N–H and O–H groups in total. The number of aryl methyl sites for hydroxylation is 1. The van der Waals surface area contributed by atoms with Crippen molar-refractivity contribution in [1.29, 1.82) is 0 Å². The molecule has 5 rings (SSSR count). The van der Waals surface area contributed by atoms with Gasteiger partial charge in [-0.3, -0.25) is 9.59 Å². The molecule has 0 spiro atoms. The number of piperidine rings is 1. The van der Waals surface area contributed by atoms with Gasteiger partial charge in [-0.05, 0) is 56.2 Å². The standard InChI is InChI=1S/C33H43N3O2/c1-24-10-9-11-27(22-24)30(18-21-35(26(3)38)29-16-19-34(20-17-29)25(2)37)32-23-36(28-12-5-4-6-13-28)33-15-8-7-14-31(32)33/h7-11,14-15,22-23,28-30H,4-6,12-13,16-21H2,1-3H3. The summed E-state index contributed by atoms with van der Waals surface area (Å²) in [6.07, 6.45) is 11.5. The van der Waals surface area contributed by atoms with Gasteiger partial charge in [-0.15, -0.1) is 0 Å². The van der Waals surface area contributed by atoms with E-state index in [2.05, 4.69) is 71.1 Å². The molecule has 1 saturated carbocycles. The van der Waals surface area contributed by atoms with Crippen LogP contribution in [-0.2, 0) is 9.59 Å². The molecular formula is C33H43N3O2. The lowest BCUT2D eigenvalue weighted by molar-refractivity contribution is -0.134. The summed E-state index contributed by atoms with van der Waals surface area (Å²) in [5, 5.41) is 1.34. The fourth-order valence-electron chi connectivity index (χ4n) is 6.92. The molecule has 2 heterocycles. The minimum Gasteiger partial charge on any atom is -0.344 e. The number of carbonyl (C=O) groups excluding carboxylic acids is 2. The van der Waals surface area contributed by atoms with Crippen LogP contribution in [0.5, 0.6) is 0 Å². The summed E-state index contributed by atoms with van der Waals surface area (Å²) in [5.74, 6) is 0.481. The summed E-state index contributed by atoms with van der Waals surface area (Å²) < 4.78 is 2.56. The molecule has 1 aliphatic carbocycles. The van der Waals surface area contributed by atoms with Crippen LogP contribution in [-0.4, -0.2) is 51.9 Å². The highest BCUT2D eigenvalue weighted by Crippen LogP contribution is 2.39. The quantitative estimate of drug-likeness (QED) is 0.347. The van der Waals surface area contributed by atoms with E-state index in [1.165, 1.54) is 59.7 Å². The second-order valence-corrected chi connectivity index (χ2v) is 11.5. The lowest BCUT2D eigenvalue weighted by Gasteiger charge is -2.38. The first-order valence-electron chi connectivity index (χ1n) is 14.6. The Morgan fingerprint density at radius 1 is 0.947 bits per heavy atom. The Bertz CT molecular complexity index is 1260. The van der Waals surface area contributed by atoms with Crippen molar-refractivity contribution in [2.24, 2.45) is 0 Å². The first-order valence-corrected chi connectivity index (χ1v) is 14.6. The van der Waals surface area contributed by atoms with Gasteiger partial charge in [0, 0.05) is 68.6 Å². The van der Waals surface area contributed by atoms with Crippen molar-refractivity contribution < 1.29 is 9.59 Å². The van der Waals surface area contributed by atoms with E-state index in [0.29, 0.717) is 6.04 Å². The molecule has 5 heteroatoms. The van der Waals surface area contributed by atoms with Gasteiger partial charge in [0.2, 0.25) is 11.8 Å². The van der Waals surface area contributed by atoms with Gasteiger partial charge >= 0.3 is 0 Å². The molecule has 2 fully saturated rings. The molecule has 2 amide bonds. The number of rotatable bonds is 7. The highest BCUT2D eigenvalue weighted by molar-refractivity contribution is 5.85. The Morgan fingerprint density at radius 2 is 1.68 bits per heavy atom. The minimum atomic E-state index is 0.131. The smallest absolute Gasteiger partial charge is 0.219 e. The second-order valence-electron chi connectivity index (χ2n) is 11.5. The van der Waals surface area contributed by atoms with Crippen LogP contribution < -0.4 is 0 Å². The van der Waals surface area contributed by atoms with Crippen molar-refractivity contribution in [3.63, 3.8) is 0 Å². The number of nitrogens with zero attached hydrogens (tertiary/aromatic N) is 3. The average molecular weight is 514 g/mol. The Balaban J connectivity index is 1.46. The number of carbonyl (C=O) groups is 2. The van der Waals surface area contributed by atoms with Crippen LogP contribution in [0.2, 0.25) is 0 Å². The topological polar surface area (TPSA) is 45.6 Å². The van der Waals surface area contributed by atoms with E-state index in [1.807, 2.05) is 4.90 Å². The van der Waals surface area contributed by atoms with Crippen molar-refractivity contribution in [2.45, 2.75) is 90.1 Å². The van der Waals surface area contributed by atoms with Gasteiger partial charge in [0.25, 0.3) is 0 Å². The van der Waals surface area contributed by atoms with Crippen LogP contribution in [0.15, 0.2) is 54.7 Å². The Hall–Kier alpha value is -3.08. The van der Waals surface area contributed by atoms with Crippen molar-refractivity contribution in [3.05, 3.63) is 71.4 Å². The summed E-state index contributed by atoms with van der Waals surface area (Å²) in [5.41, 5.74) is 5.31. The third-order valence-electron chi connectivity index (χ3n) is 8.97. The zero-order chi connectivity index (χ0) is 26.6. The first kappa shape index (κ1) is 26.5. The van der Waals surface area contributed by atoms with Gasteiger partial charge in [-0.2, -0.15) is 0 Å². The number of para-hydroxylation sites is 1. The van der Waals surface area contributed by atoms with Crippen molar-refractivity contribution in [2.75, 3.05) is 19.6 Å². The number of aromatic nitrogens is 1. The van der Waals surface area contributed by atoms with Gasteiger partial charge in [-0.1, -0.05) is 67.3 Å². The van der Waals surface area contributed by atoms with E-state index >= 15 is 0 Å². The molecule has 1 atom stereocenters. The molecule has 1 aliphatic heterocycles. The highest BCUT2D eigenvalue weighted by atomic mass is 16.2. The fourth-order valence-corrected chi connectivity index (χ4v) is 6.92. The summed E-state index contributed by atoms with van der Waals surface area (Å²) >= 11 is 0. The Morgan fingerprint density at radius 3 is 2.37 bits per heavy atom. The zero-order valence-electron chi connectivity index (χ0n) is 23.4. The van der Waals surface area contributed by atoms with E-state index in [1.54, 1.807) is 13.8 Å². The average Bonchev–Trinajstić information content (AvgIpc) is 3.31.